The number of ketones is 1. The molecule has 0 aliphatic carbocycles. The van der Waals surface area contributed by atoms with Gasteiger partial charge in [0.2, 0.25) is 0 Å². The van der Waals surface area contributed by atoms with Gasteiger partial charge in [0.25, 0.3) is 6.29 Å². The second-order valence-electron chi connectivity index (χ2n) is 6.68. The zero-order valence-corrected chi connectivity index (χ0v) is 15.1. The first kappa shape index (κ1) is 19.9. The van der Waals surface area contributed by atoms with E-state index in [0.717, 1.165) is 24.0 Å². The molecule has 24 heavy (non-hydrogen) atoms. The van der Waals surface area contributed by atoms with Crippen molar-refractivity contribution in [2.24, 2.45) is 5.92 Å². The van der Waals surface area contributed by atoms with Crippen LogP contribution in [-0.4, -0.2) is 18.0 Å². The Morgan fingerprint density at radius 3 is 2.62 bits per heavy atom. The molecule has 1 aliphatic rings. The van der Waals surface area contributed by atoms with Gasteiger partial charge >= 0.3 is 5.97 Å². The van der Waals surface area contributed by atoms with Gasteiger partial charge in [-0.1, -0.05) is 37.6 Å². The third-order valence-corrected chi connectivity index (χ3v) is 3.52. The van der Waals surface area contributed by atoms with Crippen molar-refractivity contribution in [3.05, 3.63) is 47.8 Å². The minimum atomic E-state index is -0.712. The van der Waals surface area contributed by atoms with Crippen LogP contribution in [0, 0.1) is 5.92 Å². The van der Waals surface area contributed by atoms with E-state index in [9.17, 15) is 9.59 Å². The average Bonchev–Trinajstić information content (AvgIpc) is 2.82. The second-order valence-corrected chi connectivity index (χ2v) is 6.68. The van der Waals surface area contributed by atoms with E-state index in [1.807, 2.05) is 27.7 Å². The monoisotopic (exact) mass is 332 g/mol. The molecular weight excluding hydrogens is 304 g/mol. The Balaban J connectivity index is 2.34. The smallest absolute Gasteiger partial charge is 0.334 e. The van der Waals surface area contributed by atoms with Gasteiger partial charge in [-0.25, -0.2) is 4.79 Å². The van der Waals surface area contributed by atoms with Gasteiger partial charge in [-0.05, 0) is 38.7 Å². The van der Waals surface area contributed by atoms with Crippen molar-refractivity contribution in [1.29, 1.82) is 0 Å². The molecule has 0 amide bonds. The lowest BCUT2D eigenvalue weighted by molar-refractivity contribution is -0.155. The van der Waals surface area contributed by atoms with Gasteiger partial charge < -0.3 is 9.47 Å². The number of rotatable bonds is 9. The highest BCUT2D eigenvalue weighted by atomic mass is 16.7. The van der Waals surface area contributed by atoms with Crippen LogP contribution in [0.15, 0.2) is 47.8 Å². The Hall–Kier alpha value is -2.10. The predicted molar refractivity (Wildman–Crippen MR) is 95.1 cm³/mol. The van der Waals surface area contributed by atoms with Gasteiger partial charge in [0.1, 0.15) is 5.78 Å². The van der Waals surface area contributed by atoms with Crippen molar-refractivity contribution in [2.75, 3.05) is 0 Å². The molecule has 0 N–H and O–H groups in total. The molecule has 0 aromatic heterocycles. The normalized spacial score (nSPS) is 18.0. The van der Waals surface area contributed by atoms with Crippen LogP contribution in [0.5, 0.6) is 0 Å². The zero-order valence-electron chi connectivity index (χ0n) is 15.1. The summed E-state index contributed by atoms with van der Waals surface area (Å²) in [5.41, 5.74) is 2.63. The lowest BCUT2D eigenvalue weighted by atomic mass is 10.0. The fourth-order valence-corrected chi connectivity index (χ4v) is 2.34. The lowest BCUT2D eigenvalue weighted by Gasteiger charge is -2.11. The third kappa shape index (κ3) is 7.95. The highest BCUT2D eigenvalue weighted by molar-refractivity contribution is 5.83. The standard InChI is InChI=1S/C20H28O4/c1-14(2)11-18(21)12-15(3)7-6-8-16(4)13-19(22)24-20-17(5)9-10-23-20/h7,9-10,13-14,20H,5-6,8,11-12H2,1-4H3/b15-7+,16-13+. The Morgan fingerprint density at radius 2 is 2.04 bits per heavy atom. The van der Waals surface area contributed by atoms with E-state index < -0.39 is 12.3 Å². The Morgan fingerprint density at radius 1 is 1.33 bits per heavy atom. The number of esters is 1. The summed E-state index contributed by atoms with van der Waals surface area (Å²) in [6.45, 7) is 11.7. The van der Waals surface area contributed by atoms with Gasteiger partial charge in [-0.15, -0.1) is 0 Å². The van der Waals surface area contributed by atoms with Crippen molar-refractivity contribution < 1.29 is 19.1 Å². The summed E-state index contributed by atoms with van der Waals surface area (Å²) in [7, 11) is 0. The summed E-state index contributed by atoms with van der Waals surface area (Å²) in [6, 6.07) is 0. The predicted octanol–water partition coefficient (Wildman–Crippen LogP) is 4.63. The zero-order chi connectivity index (χ0) is 18.1. The van der Waals surface area contributed by atoms with Gasteiger partial charge in [0.05, 0.1) is 6.26 Å². The van der Waals surface area contributed by atoms with E-state index in [-0.39, 0.29) is 5.78 Å². The summed E-state index contributed by atoms with van der Waals surface area (Å²) in [4.78, 5) is 23.6. The first-order chi connectivity index (χ1) is 11.3. The molecule has 0 saturated carbocycles. The first-order valence-electron chi connectivity index (χ1n) is 8.34. The molecule has 0 bridgehead atoms. The van der Waals surface area contributed by atoms with Crippen molar-refractivity contribution in [2.45, 2.75) is 59.7 Å². The molecule has 132 valence electrons. The number of carbonyl (C=O) groups excluding carboxylic acids is 2. The molecule has 1 rings (SSSR count). The fraction of sp³-hybridized carbons (Fsp3) is 0.500. The fourth-order valence-electron chi connectivity index (χ4n) is 2.34. The van der Waals surface area contributed by atoms with Crippen LogP contribution in [-0.2, 0) is 19.1 Å². The van der Waals surface area contributed by atoms with Crippen LogP contribution in [0.1, 0.15) is 53.4 Å². The molecule has 1 heterocycles. The molecule has 0 radical (unpaired) electrons. The van der Waals surface area contributed by atoms with Crippen molar-refractivity contribution in [3.8, 4) is 0 Å². The number of allylic oxidation sites excluding steroid dienone is 3. The molecular formula is C20H28O4. The SMILES string of the molecule is C=C1C=COC1OC(=O)/C=C(\C)CC/C=C(\C)CC(=O)CC(C)C. The van der Waals surface area contributed by atoms with Crippen molar-refractivity contribution in [3.63, 3.8) is 0 Å². The molecule has 0 fully saturated rings. The van der Waals surface area contributed by atoms with E-state index in [1.165, 1.54) is 12.3 Å². The van der Waals surface area contributed by atoms with E-state index >= 15 is 0 Å². The maximum absolute atomic E-state index is 11.8. The first-order valence-corrected chi connectivity index (χ1v) is 8.34. The van der Waals surface area contributed by atoms with Crippen LogP contribution >= 0.6 is 0 Å². The number of ether oxygens (including phenoxy) is 2. The van der Waals surface area contributed by atoms with Crippen molar-refractivity contribution >= 4 is 11.8 Å². The average molecular weight is 332 g/mol. The quantitative estimate of drug-likeness (QED) is 0.351. The molecule has 4 nitrogen and oxygen atoms in total. The Kier molecular flexibility index (Phi) is 8.24. The van der Waals surface area contributed by atoms with Gasteiger partial charge in [-0.2, -0.15) is 0 Å². The number of Topliss-reactive ketones (excluding diaryl/α,β-unsaturated/α-hetero) is 1. The van der Waals surface area contributed by atoms with Crippen LogP contribution in [0.2, 0.25) is 0 Å². The molecule has 0 saturated heterocycles. The molecule has 1 aliphatic heterocycles. The minimum Gasteiger partial charge on any atom is -0.458 e. The van der Waals surface area contributed by atoms with E-state index in [0.29, 0.717) is 24.3 Å². The van der Waals surface area contributed by atoms with Gasteiger partial charge in [0.15, 0.2) is 0 Å². The van der Waals surface area contributed by atoms with Crippen molar-refractivity contribution in [1.82, 2.24) is 0 Å². The Labute approximate surface area is 144 Å². The summed E-state index contributed by atoms with van der Waals surface area (Å²) in [5, 5.41) is 0. The summed E-state index contributed by atoms with van der Waals surface area (Å²) in [6.07, 6.45) is 8.63. The highest BCUT2D eigenvalue weighted by Gasteiger charge is 2.19. The maximum atomic E-state index is 11.8. The van der Waals surface area contributed by atoms with Gasteiger partial charge in [0, 0.05) is 24.5 Å². The largest absolute Gasteiger partial charge is 0.458 e. The van der Waals surface area contributed by atoms with Gasteiger partial charge in [-0.3, -0.25) is 4.79 Å². The van der Waals surface area contributed by atoms with E-state index in [4.69, 9.17) is 9.47 Å². The number of hydrogen-bond acceptors (Lipinski definition) is 4. The molecule has 0 aromatic carbocycles. The third-order valence-electron chi connectivity index (χ3n) is 3.52. The number of carbonyl (C=O) groups is 2. The lowest BCUT2D eigenvalue weighted by Crippen LogP contribution is -2.16. The minimum absolute atomic E-state index is 0.278. The topological polar surface area (TPSA) is 52.6 Å². The van der Waals surface area contributed by atoms with E-state index in [1.54, 1.807) is 6.08 Å². The summed E-state index contributed by atoms with van der Waals surface area (Å²) < 4.78 is 10.3. The molecule has 4 heteroatoms. The van der Waals surface area contributed by atoms with E-state index in [2.05, 4.69) is 12.7 Å². The molecule has 0 spiro atoms. The van der Waals surface area contributed by atoms with Crippen LogP contribution < -0.4 is 0 Å². The molecule has 1 unspecified atom stereocenters. The van der Waals surface area contributed by atoms with Crippen LogP contribution in [0.4, 0.5) is 0 Å². The summed E-state index contributed by atoms with van der Waals surface area (Å²) in [5.74, 6) is 0.242. The maximum Gasteiger partial charge on any atom is 0.334 e. The van der Waals surface area contributed by atoms with Crippen LogP contribution in [0.25, 0.3) is 0 Å². The molecule has 1 atom stereocenters. The van der Waals surface area contributed by atoms with Crippen LogP contribution in [0.3, 0.4) is 0 Å². The second kappa shape index (κ2) is 9.91. The highest BCUT2D eigenvalue weighted by Crippen LogP contribution is 2.17. The summed E-state index contributed by atoms with van der Waals surface area (Å²) >= 11 is 0. The molecule has 0 aromatic rings. The number of hydrogen-bond donors (Lipinski definition) is 0. The Bertz CT molecular complexity index is 564.